The Morgan fingerprint density at radius 1 is 0.846 bits per heavy atom. The number of anilines is 3. The quantitative estimate of drug-likeness (QED) is 0.112. The summed E-state index contributed by atoms with van der Waals surface area (Å²) in [4.78, 5) is 20.9. The average Bonchev–Trinajstić information content (AvgIpc) is 2.51. The summed E-state index contributed by atoms with van der Waals surface area (Å²) in [6.45, 7) is 0. The van der Waals surface area contributed by atoms with Crippen molar-refractivity contribution in [3.8, 4) is 11.5 Å². The van der Waals surface area contributed by atoms with Crippen LogP contribution in [0.4, 0.5) is 17.2 Å². The molecular weight excluding hydrogens is 400 g/mol. The van der Waals surface area contributed by atoms with Gasteiger partial charge in [0.1, 0.15) is 23.0 Å². The van der Waals surface area contributed by atoms with Crippen LogP contribution in [-0.2, 0) is 0 Å². The summed E-state index contributed by atoms with van der Waals surface area (Å²) in [7, 11) is 0. The normalized spacial score (nSPS) is 8.92. The van der Waals surface area contributed by atoms with Crippen LogP contribution in [0.25, 0.3) is 0 Å². The van der Waals surface area contributed by atoms with Crippen LogP contribution < -0.4 is 27.7 Å². The molecular formula is C13H18K2N5O6+. The molecule has 0 aliphatic carbocycles. The van der Waals surface area contributed by atoms with Gasteiger partial charge in [-0.25, -0.2) is 9.59 Å². The maximum atomic E-state index is 10.4. The molecule has 132 valence electrons. The first-order chi connectivity index (χ1) is 11.1. The van der Waals surface area contributed by atoms with Crippen molar-refractivity contribution in [3.63, 3.8) is 0 Å². The Bertz CT molecular complexity index is 752. The fraction of sp³-hybridized carbons (Fsp3) is 0. The van der Waals surface area contributed by atoms with Crippen LogP contribution in [0, 0.1) is 0 Å². The molecule has 0 saturated heterocycles. The van der Waals surface area contributed by atoms with Crippen LogP contribution in [0.1, 0.15) is 20.7 Å². The fourth-order valence-electron chi connectivity index (χ4n) is 1.54. The van der Waals surface area contributed by atoms with E-state index >= 15 is 0 Å². The van der Waals surface area contributed by atoms with Crippen LogP contribution in [0.15, 0.2) is 24.4 Å². The molecule has 0 bridgehead atoms. The van der Waals surface area contributed by atoms with Gasteiger partial charge in [-0.2, -0.15) is 0 Å². The Labute approximate surface area is 232 Å². The first kappa shape index (κ1) is 27.6. The number of aromatic hydroxyl groups is 2. The number of hydrogen-bond donors (Lipinski definition) is 8. The summed E-state index contributed by atoms with van der Waals surface area (Å²) >= 11 is 0. The summed E-state index contributed by atoms with van der Waals surface area (Å²) in [5, 5.41) is 35.2. The number of nitrogen functional groups attached to an aromatic ring is 4. The van der Waals surface area contributed by atoms with Gasteiger partial charge in [0.15, 0.2) is 11.5 Å². The second-order valence-corrected chi connectivity index (χ2v) is 4.45. The Balaban J connectivity index is 0. The number of carboxylic acid groups (broad SMARTS) is 2. The molecule has 0 aliphatic rings. The van der Waals surface area contributed by atoms with E-state index in [2.05, 4.69) is 0 Å². The number of phenols is 2. The molecule has 1 heterocycles. The standard InChI is InChI=1S/C8H6O6.C5H9N5.2K.2H/c9-5-3(7(11)12)1-2-4(6(5)10)8(13)14;6-3-1-2-10(9)5(8)4(3)7;;;;/h1-2,9-10H,(H,11,12)(H,13,14);1-2H,7,9H2,(H3,6,8);;;;/p+1. The van der Waals surface area contributed by atoms with Crippen molar-refractivity contribution in [2.45, 2.75) is 0 Å². The summed E-state index contributed by atoms with van der Waals surface area (Å²) in [6, 6.07) is 3.40. The number of aromatic carboxylic acids is 2. The van der Waals surface area contributed by atoms with Gasteiger partial charge in [0.25, 0.3) is 0 Å². The topological polar surface area (TPSA) is 223 Å². The van der Waals surface area contributed by atoms with Gasteiger partial charge in [0.2, 0.25) is 0 Å². The van der Waals surface area contributed by atoms with E-state index in [0.717, 1.165) is 12.1 Å². The monoisotopic (exact) mass is 418 g/mol. The Kier molecular flexibility index (Phi) is 12.7. The number of benzene rings is 1. The van der Waals surface area contributed by atoms with E-state index in [1.165, 1.54) is 4.68 Å². The summed E-state index contributed by atoms with van der Waals surface area (Å²) < 4.78 is 1.21. The summed E-state index contributed by atoms with van der Waals surface area (Å²) in [5.41, 5.74) is 15.9. The molecule has 0 fully saturated rings. The van der Waals surface area contributed by atoms with E-state index in [1.54, 1.807) is 12.3 Å². The van der Waals surface area contributed by atoms with E-state index < -0.39 is 34.6 Å². The van der Waals surface area contributed by atoms with Crippen LogP contribution >= 0.6 is 0 Å². The Morgan fingerprint density at radius 3 is 1.54 bits per heavy atom. The van der Waals surface area contributed by atoms with E-state index in [1.807, 2.05) is 0 Å². The minimum absolute atomic E-state index is 0. The number of carbonyl (C=O) groups is 2. The molecule has 0 aliphatic heterocycles. The van der Waals surface area contributed by atoms with E-state index in [9.17, 15) is 9.59 Å². The van der Waals surface area contributed by atoms with Gasteiger partial charge in [-0.15, -0.1) is 4.68 Å². The van der Waals surface area contributed by atoms with E-state index in [0.29, 0.717) is 11.4 Å². The predicted molar refractivity (Wildman–Crippen MR) is 98.0 cm³/mol. The zero-order chi connectivity index (χ0) is 18.6. The zero-order valence-corrected chi connectivity index (χ0v) is 12.2. The second kappa shape index (κ2) is 12.0. The molecule has 0 amide bonds. The van der Waals surface area contributed by atoms with Gasteiger partial charge in [0, 0.05) is 6.07 Å². The van der Waals surface area contributed by atoms with Gasteiger partial charge in [0.05, 0.1) is 5.69 Å². The maximum absolute atomic E-state index is 10.4. The van der Waals surface area contributed by atoms with Crippen LogP contribution in [0.2, 0.25) is 0 Å². The number of pyridine rings is 1. The molecule has 13 heteroatoms. The third kappa shape index (κ3) is 6.84. The molecule has 1 aromatic heterocycles. The van der Waals surface area contributed by atoms with Crippen molar-refractivity contribution in [2.24, 2.45) is 0 Å². The van der Waals surface area contributed by atoms with Crippen molar-refractivity contribution in [1.29, 1.82) is 0 Å². The van der Waals surface area contributed by atoms with Crippen molar-refractivity contribution in [1.82, 2.24) is 0 Å². The average molecular weight is 419 g/mol. The van der Waals surface area contributed by atoms with E-state index in [4.69, 9.17) is 43.5 Å². The molecule has 12 N–H and O–H groups in total. The molecule has 0 unspecified atom stereocenters. The minimum atomic E-state index is -1.45. The van der Waals surface area contributed by atoms with Crippen molar-refractivity contribution < 1.29 is 34.7 Å². The SMILES string of the molecule is Nc1cc[n+](N)c(N)c1N.O=C(O)c1ccc(C(=O)O)c(O)c1O.[KH].[KH]. The third-order valence-electron chi connectivity index (χ3n) is 2.89. The first-order valence-corrected chi connectivity index (χ1v) is 6.19. The number of nitrogens with two attached hydrogens (primary N) is 4. The molecule has 0 spiro atoms. The molecule has 0 radical (unpaired) electrons. The molecule has 26 heavy (non-hydrogen) atoms. The van der Waals surface area contributed by atoms with Crippen LogP contribution in [0.5, 0.6) is 11.5 Å². The van der Waals surface area contributed by atoms with Crippen molar-refractivity contribution >= 4 is 132 Å². The molecule has 2 aromatic rings. The van der Waals surface area contributed by atoms with Gasteiger partial charge in [-0.3, -0.25) is 11.6 Å². The van der Waals surface area contributed by atoms with Gasteiger partial charge < -0.3 is 31.9 Å². The van der Waals surface area contributed by atoms with Crippen molar-refractivity contribution in [2.75, 3.05) is 23.0 Å². The van der Waals surface area contributed by atoms with Crippen molar-refractivity contribution in [3.05, 3.63) is 35.5 Å². The van der Waals surface area contributed by atoms with Gasteiger partial charge >= 0.3 is 121 Å². The second-order valence-electron chi connectivity index (χ2n) is 4.45. The number of hydrogen-bond acceptors (Lipinski definition) is 8. The van der Waals surface area contributed by atoms with Gasteiger partial charge in [-0.1, -0.05) is 0 Å². The Hall–Kier alpha value is -0.617. The third-order valence-corrected chi connectivity index (χ3v) is 2.89. The van der Waals surface area contributed by atoms with Gasteiger partial charge in [-0.05, 0) is 12.1 Å². The molecule has 0 saturated carbocycles. The predicted octanol–water partition coefficient (Wildman–Crippen LogP) is -2.37. The molecule has 11 nitrogen and oxygen atoms in total. The zero-order valence-electron chi connectivity index (χ0n) is 12.2. The summed E-state index contributed by atoms with van der Waals surface area (Å²) in [5.74, 6) is 0.831. The number of carboxylic acids is 2. The summed E-state index contributed by atoms with van der Waals surface area (Å²) in [6.07, 6.45) is 1.54. The number of aromatic nitrogens is 1. The Morgan fingerprint density at radius 2 is 1.23 bits per heavy atom. The van der Waals surface area contributed by atoms with E-state index in [-0.39, 0.29) is 109 Å². The molecule has 2 rings (SSSR count). The van der Waals surface area contributed by atoms with Crippen LogP contribution in [-0.4, -0.2) is 135 Å². The molecule has 1 aromatic carbocycles. The number of rotatable bonds is 2. The fourth-order valence-corrected chi connectivity index (χ4v) is 1.54. The first-order valence-electron chi connectivity index (χ1n) is 6.19. The molecule has 0 atom stereocenters. The number of nitrogens with zero attached hydrogens (tertiary/aromatic N) is 1. The van der Waals surface area contributed by atoms with Crippen LogP contribution in [0.3, 0.4) is 0 Å².